The third-order valence-electron chi connectivity index (χ3n) is 3.57. The third kappa shape index (κ3) is 4.59. The zero-order chi connectivity index (χ0) is 17.7. The van der Waals surface area contributed by atoms with E-state index in [4.69, 9.17) is 14.2 Å². The molecular formula is C16H20O8. The summed E-state index contributed by atoms with van der Waals surface area (Å²) < 4.78 is 15.0. The summed E-state index contributed by atoms with van der Waals surface area (Å²) in [6.45, 7) is 1.28. The predicted molar refractivity (Wildman–Crippen MR) is 79.6 cm³/mol. The molecule has 2 rings (SSSR count). The summed E-state index contributed by atoms with van der Waals surface area (Å²) in [5.74, 6) is -2.59. The quantitative estimate of drug-likeness (QED) is 0.452. The summed E-state index contributed by atoms with van der Waals surface area (Å²) >= 11 is 0. The van der Waals surface area contributed by atoms with Crippen molar-refractivity contribution in [2.45, 2.75) is 44.2 Å². The Morgan fingerprint density at radius 1 is 1.29 bits per heavy atom. The van der Waals surface area contributed by atoms with Gasteiger partial charge in [0.1, 0.15) is 24.9 Å². The van der Waals surface area contributed by atoms with Gasteiger partial charge in [-0.1, -0.05) is 30.3 Å². The van der Waals surface area contributed by atoms with Crippen LogP contribution < -0.4 is 0 Å². The molecule has 0 radical (unpaired) electrons. The number of aliphatic hydroxyl groups is 3. The number of hydrogen-bond acceptors (Lipinski definition) is 8. The highest BCUT2D eigenvalue weighted by atomic mass is 16.7. The number of Topliss-reactive ketones (excluding diaryl/α,β-unsaturated/α-hetero) is 1. The minimum Gasteiger partial charge on any atom is -0.455 e. The zero-order valence-electron chi connectivity index (χ0n) is 13.1. The van der Waals surface area contributed by atoms with Gasteiger partial charge < -0.3 is 29.5 Å². The second kappa shape index (κ2) is 8.32. The van der Waals surface area contributed by atoms with Crippen LogP contribution in [0.1, 0.15) is 12.5 Å². The van der Waals surface area contributed by atoms with E-state index in [-0.39, 0.29) is 13.2 Å². The summed E-state index contributed by atoms with van der Waals surface area (Å²) in [7, 11) is 0. The van der Waals surface area contributed by atoms with E-state index >= 15 is 0 Å². The van der Waals surface area contributed by atoms with E-state index in [1.54, 1.807) is 30.3 Å². The van der Waals surface area contributed by atoms with Crippen LogP contribution in [-0.2, 0) is 30.4 Å². The first-order valence-electron chi connectivity index (χ1n) is 7.46. The van der Waals surface area contributed by atoms with Crippen molar-refractivity contribution in [2.24, 2.45) is 0 Å². The molecule has 1 saturated heterocycles. The van der Waals surface area contributed by atoms with Crippen LogP contribution in [0.5, 0.6) is 0 Å². The van der Waals surface area contributed by atoms with Crippen LogP contribution in [-0.4, -0.2) is 64.4 Å². The number of aliphatic hydroxyl groups excluding tert-OH is 3. The van der Waals surface area contributed by atoms with Gasteiger partial charge in [0.15, 0.2) is 12.4 Å². The highest BCUT2D eigenvalue weighted by molar-refractivity contribution is 6.35. The molecule has 1 aromatic carbocycles. The molecule has 0 saturated carbocycles. The number of ketones is 1. The van der Waals surface area contributed by atoms with Gasteiger partial charge in [0, 0.05) is 0 Å². The molecule has 0 amide bonds. The monoisotopic (exact) mass is 340 g/mol. The number of carbonyl (C=O) groups is 2. The van der Waals surface area contributed by atoms with Gasteiger partial charge in [0.25, 0.3) is 5.78 Å². The van der Waals surface area contributed by atoms with Crippen molar-refractivity contribution in [1.82, 2.24) is 0 Å². The molecule has 8 heteroatoms. The molecule has 0 aromatic heterocycles. The van der Waals surface area contributed by atoms with Crippen LogP contribution in [0.2, 0.25) is 0 Å². The Balaban J connectivity index is 1.91. The van der Waals surface area contributed by atoms with Crippen molar-refractivity contribution >= 4 is 11.8 Å². The van der Waals surface area contributed by atoms with Crippen LogP contribution in [0.3, 0.4) is 0 Å². The summed E-state index contributed by atoms with van der Waals surface area (Å²) in [4.78, 5) is 23.6. The predicted octanol–water partition coefficient (Wildman–Crippen LogP) is -0.857. The summed E-state index contributed by atoms with van der Waals surface area (Å²) in [5, 5.41) is 29.6. The first-order valence-corrected chi connectivity index (χ1v) is 7.46. The molecule has 1 aromatic rings. The molecule has 1 heterocycles. The van der Waals surface area contributed by atoms with E-state index in [0.717, 1.165) is 0 Å². The second-order valence-electron chi connectivity index (χ2n) is 5.43. The van der Waals surface area contributed by atoms with Gasteiger partial charge >= 0.3 is 5.97 Å². The Bertz CT molecular complexity index is 560. The van der Waals surface area contributed by atoms with Crippen molar-refractivity contribution in [2.75, 3.05) is 6.61 Å². The molecule has 5 atom stereocenters. The topological polar surface area (TPSA) is 123 Å². The third-order valence-corrected chi connectivity index (χ3v) is 3.57. The fourth-order valence-corrected chi connectivity index (χ4v) is 2.24. The van der Waals surface area contributed by atoms with Crippen LogP contribution in [0, 0.1) is 0 Å². The van der Waals surface area contributed by atoms with E-state index in [1.165, 1.54) is 6.92 Å². The smallest absolute Gasteiger partial charge is 0.377 e. The van der Waals surface area contributed by atoms with Crippen LogP contribution in [0.25, 0.3) is 0 Å². The van der Waals surface area contributed by atoms with Crippen molar-refractivity contribution < 1.29 is 39.1 Å². The molecule has 8 nitrogen and oxygen atoms in total. The van der Waals surface area contributed by atoms with E-state index in [1.807, 2.05) is 0 Å². The maximum atomic E-state index is 11.9. The average Bonchev–Trinajstić information content (AvgIpc) is 2.60. The lowest BCUT2D eigenvalue weighted by Gasteiger charge is -2.36. The minimum atomic E-state index is -2.07. The largest absolute Gasteiger partial charge is 0.455 e. The van der Waals surface area contributed by atoms with Gasteiger partial charge in [0.2, 0.25) is 0 Å². The Hall–Kier alpha value is -1.84. The standard InChI is InChI=1S/C16H20O8/c1-9-22-8-11(17)15(24-9)13(19)12(18)14(20)16(21)23-7-10-5-3-2-4-6-10/h2-6,9,11-13,15,17-19H,7-8H2,1H3/t9?,11-,12-,13-,15-/m1/s1. The van der Waals surface area contributed by atoms with Crippen LogP contribution in [0.15, 0.2) is 30.3 Å². The van der Waals surface area contributed by atoms with E-state index in [9.17, 15) is 24.9 Å². The molecular weight excluding hydrogens is 320 g/mol. The van der Waals surface area contributed by atoms with Gasteiger partial charge in [-0.2, -0.15) is 0 Å². The SMILES string of the molecule is CC1OC[C@@H](O)[C@H]([C@H](O)[C@@H](O)C(=O)C(=O)OCc2ccccc2)O1. The zero-order valence-corrected chi connectivity index (χ0v) is 13.1. The maximum Gasteiger partial charge on any atom is 0.377 e. The molecule has 3 N–H and O–H groups in total. The van der Waals surface area contributed by atoms with Gasteiger partial charge in [-0.05, 0) is 12.5 Å². The highest BCUT2D eigenvalue weighted by Gasteiger charge is 2.42. The van der Waals surface area contributed by atoms with Crippen molar-refractivity contribution in [3.05, 3.63) is 35.9 Å². The summed E-state index contributed by atoms with van der Waals surface area (Å²) in [6.07, 6.45) is -7.07. The lowest BCUT2D eigenvalue weighted by atomic mass is 9.99. The van der Waals surface area contributed by atoms with Crippen molar-refractivity contribution in [3.8, 4) is 0 Å². The van der Waals surface area contributed by atoms with Gasteiger partial charge in [-0.15, -0.1) is 0 Å². The maximum absolute atomic E-state index is 11.9. The van der Waals surface area contributed by atoms with Crippen molar-refractivity contribution in [1.29, 1.82) is 0 Å². The molecule has 1 aliphatic rings. The fourth-order valence-electron chi connectivity index (χ4n) is 2.24. The fraction of sp³-hybridized carbons (Fsp3) is 0.500. The summed E-state index contributed by atoms with van der Waals surface area (Å²) in [6, 6.07) is 8.69. The molecule has 24 heavy (non-hydrogen) atoms. The Kier molecular flexibility index (Phi) is 6.41. The van der Waals surface area contributed by atoms with E-state index < -0.39 is 42.5 Å². The Labute approximate surface area is 138 Å². The van der Waals surface area contributed by atoms with E-state index in [2.05, 4.69) is 0 Å². The number of hydrogen-bond donors (Lipinski definition) is 3. The number of benzene rings is 1. The number of rotatable bonds is 6. The Morgan fingerprint density at radius 3 is 2.62 bits per heavy atom. The minimum absolute atomic E-state index is 0.123. The molecule has 0 spiro atoms. The molecule has 0 aliphatic carbocycles. The first-order chi connectivity index (χ1) is 11.4. The number of ether oxygens (including phenoxy) is 3. The average molecular weight is 340 g/mol. The van der Waals surface area contributed by atoms with Gasteiger partial charge in [-0.25, -0.2) is 4.79 Å². The molecule has 1 fully saturated rings. The van der Waals surface area contributed by atoms with E-state index in [0.29, 0.717) is 5.56 Å². The first kappa shape index (κ1) is 18.5. The summed E-state index contributed by atoms with van der Waals surface area (Å²) in [5.41, 5.74) is 0.672. The number of esters is 1. The molecule has 1 unspecified atom stereocenters. The van der Waals surface area contributed by atoms with Crippen LogP contribution in [0.4, 0.5) is 0 Å². The lowest BCUT2D eigenvalue weighted by molar-refractivity contribution is -0.270. The number of carbonyl (C=O) groups excluding carboxylic acids is 2. The van der Waals surface area contributed by atoms with Gasteiger partial charge in [-0.3, -0.25) is 4.79 Å². The molecule has 1 aliphatic heterocycles. The second-order valence-corrected chi connectivity index (χ2v) is 5.43. The van der Waals surface area contributed by atoms with Crippen LogP contribution >= 0.6 is 0 Å². The highest BCUT2D eigenvalue weighted by Crippen LogP contribution is 2.18. The molecule has 132 valence electrons. The normalized spacial score (nSPS) is 26.4. The van der Waals surface area contributed by atoms with Crippen molar-refractivity contribution in [3.63, 3.8) is 0 Å². The molecule has 0 bridgehead atoms. The van der Waals surface area contributed by atoms with Gasteiger partial charge in [0.05, 0.1) is 6.61 Å². The lowest BCUT2D eigenvalue weighted by Crippen LogP contribution is -2.55. The Morgan fingerprint density at radius 2 is 1.96 bits per heavy atom.